The molecule has 1 aromatic carbocycles. The Morgan fingerprint density at radius 1 is 1.25 bits per heavy atom. The molecule has 1 aliphatic rings. The molecule has 0 bridgehead atoms. The van der Waals surface area contributed by atoms with Crippen LogP contribution in [0.4, 0.5) is 0 Å². The van der Waals surface area contributed by atoms with Crippen LogP contribution in [0.5, 0.6) is 0 Å². The molecule has 0 saturated heterocycles. The fraction of sp³-hybridized carbons (Fsp3) is 0.600. The first-order chi connectivity index (χ1) is 9.40. The first-order valence-electron chi connectivity index (χ1n) is 7.19. The lowest BCUT2D eigenvalue weighted by molar-refractivity contribution is 0.118. The van der Waals surface area contributed by atoms with Gasteiger partial charge in [-0.1, -0.05) is 19.9 Å². The van der Waals surface area contributed by atoms with E-state index in [0.29, 0.717) is 11.3 Å². The number of rotatable bonds is 6. The summed E-state index contributed by atoms with van der Waals surface area (Å²) in [5.74, 6) is 0.138. The van der Waals surface area contributed by atoms with Crippen LogP contribution in [0.1, 0.15) is 37.8 Å². The number of aliphatic hydroxyl groups excluding tert-OH is 1. The summed E-state index contributed by atoms with van der Waals surface area (Å²) in [6.07, 6.45) is 3.07. The van der Waals surface area contributed by atoms with Crippen LogP contribution in [-0.2, 0) is 22.9 Å². The zero-order valence-electron chi connectivity index (χ0n) is 12.1. The molecule has 2 N–H and O–H groups in total. The van der Waals surface area contributed by atoms with Crippen molar-refractivity contribution in [1.82, 2.24) is 4.72 Å². The van der Waals surface area contributed by atoms with Crippen LogP contribution >= 0.6 is 0 Å². The first kappa shape index (κ1) is 15.5. The number of aliphatic hydroxyl groups is 1. The molecular weight excluding hydrogens is 274 g/mol. The zero-order chi connectivity index (χ0) is 14.8. The number of nitrogens with one attached hydrogen (secondary N) is 1. The third-order valence-corrected chi connectivity index (χ3v) is 5.34. The highest BCUT2D eigenvalue weighted by Crippen LogP contribution is 2.24. The molecule has 1 atom stereocenters. The molecule has 0 spiro atoms. The molecule has 20 heavy (non-hydrogen) atoms. The molecule has 0 heterocycles. The minimum Gasteiger partial charge on any atom is -0.393 e. The largest absolute Gasteiger partial charge is 0.393 e. The second kappa shape index (κ2) is 6.24. The van der Waals surface area contributed by atoms with Gasteiger partial charge in [-0.05, 0) is 54.9 Å². The normalized spacial score (nSPS) is 16.4. The molecule has 2 rings (SSSR count). The molecule has 1 aromatic rings. The minimum atomic E-state index is -3.46. The van der Waals surface area contributed by atoms with E-state index in [-0.39, 0.29) is 12.5 Å². The van der Waals surface area contributed by atoms with Gasteiger partial charge in [0.05, 0.1) is 11.0 Å². The van der Waals surface area contributed by atoms with Gasteiger partial charge in [-0.15, -0.1) is 0 Å². The molecule has 0 fully saturated rings. The number of aryl methyl sites for hydroxylation is 2. The Morgan fingerprint density at radius 3 is 2.65 bits per heavy atom. The molecule has 0 saturated carbocycles. The van der Waals surface area contributed by atoms with Crippen LogP contribution in [0, 0.1) is 5.92 Å². The summed E-state index contributed by atoms with van der Waals surface area (Å²) in [7, 11) is -3.46. The Labute approximate surface area is 121 Å². The van der Waals surface area contributed by atoms with Gasteiger partial charge in [-0.25, -0.2) is 13.1 Å². The molecule has 1 unspecified atom stereocenters. The van der Waals surface area contributed by atoms with Crippen LogP contribution in [0.15, 0.2) is 23.1 Å². The Hall–Kier alpha value is -0.910. The molecule has 0 aliphatic heterocycles. The van der Waals surface area contributed by atoms with E-state index in [2.05, 4.69) is 4.72 Å². The number of sulfonamides is 1. The van der Waals surface area contributed by atoms with Gasteiger partial charge in [-0.3, -0.25) is 0 Å². The van der Waals surface area contributed by atoms with Crippen molar-refractivity contribution in [2.75, 3.05) is 6.54 Å². The van der Waals surface area contributed by atoms with Gasteiger partial charge in [0.2, 0.25) is 10.0 Å². The van der Waals surface area contributed by atoms with Crippen molar-refractivity contribution in [2.45, 2.75) is 50.5 Å². The lowest BCUT2D eigenvalue weighted by Crippen LogP contribution is -2.29. The molecule has 0 radical (unpaired) electrons. The number of hydrogen-bond acceptors (Lipinski definition) is 3. The highest BCUT2D eigenvalue weighted by Gasteiger charge is 2.18. The number of hydrogen-bond donors (Lipinski definition) is 2. The SMILES string of the molecule is CC(C)C(O)CCNS(=O)(=O)c1ccc2c(c1)CCC2. The molecule has 0 aromatic heterocycles. The Morgan fingerprint density at radius 2 is 1.95 bits per heavy atom. The molecule has 0 amide bonds. The van der Waals surface area contributed by atoms with Crippen LogP contribution in [0.25, 0.3) is 0 Å². The third-order valence-electron chi connectivity index (χ3n) is 3.88. The van der Waals surface area contributed by atoms with E-state index < -0.39 is 16.1 Å². The monoisotopic (exact) mass is 297 g/mol. The molecule has 5 heteroatoms. The van der Waals surface area contributed by atoms with E-state index >= 15 is 0 Å². The van der Waals surface area contributed by atoms with Gasteiger partial charge in [0.15, 0.2) is 0 Å². The lowest BCUT2D eigenvalue weighted by atomic mass is 10.1. The van der Waals surface area contributed by atoms with E-state index in [1.54, 1.807) is 12.1 Å². The van der Waals surface area contributed by atoms with Crippen molar-refractivity contribution >= 4 is 10.0 Å². The minimum absolute atomic E-state index is 0.138. The van der Waals surface area contributed by atoms with Gasteiger partial charge >= 0.3 is 0 Å². The first-order valence-corrected chi connectivity index (χ1v) is 8.68. The summed E-state index contributed by atoms with van der Waals surface area (Å²) in [5, 5.41) is 9.69. The lowest BCUT2D eigenvalue weighted by Gasteiger charge is -2.14. The fourth-order valence-electron chi connectivity index (χ4n) is 2.47. The molecular formula is C15H23NO3S. The average Bonchev–Trinajstić information content (AvgIpc) is 2.85. The second-order valence-electron chi connectivity index (χ2n) is 5.78. The van der Waals surface area contributed by atoms with E-state index in [1.165, 1.54) is 5.56 Å². The van der Waals surface area contributed by atoms with Gasteiger partial charge in [0.1, 0.15) is 0 Å². The highest BCUT2D eigenvalue weighted by atomic mass is 32.2. The van der Waals surface area contributed by atoms with Crippen molar-refractivity contribution in [1.29, 1.82) is 0 Å². The van der Waals surface area contributed by atoms with Crippen molar-refractivity contribution in [3.05, 3.63) is 29.3 Å². The van der Waals surface area contributed by atoms with Gasteiger partial charge in [0.25, 0.3) is 0 Å². The van der Waals surface area contributed by atoms with E-state index in [0.717, 1.165) is 24.8 Å². The van der Waals surface area contributed by atoms with Crippen molar-refractivity contribution < 1.29 is 13.5 Å². The molecule has 4 nitrogen and oxygen atoms in total. The highest BCUT2D eigenvalue weighted by molar-refractivity contribution is 7.89. The van der Waals surface area contributed by atoms with Crippen molar-refractivity contribution in [3.63, 3.8) is 0 Å². The maximum Gasteiger partial charge on any atom is 0.240 e. The predicted octanol–water partition coefficient (Wildman–Crippen LogP) is 1.86. The summed E-state index contributed by atoms with van der Waals surface area (Å²) in [4.78, 5) is 0.331. The Bertz CT molecular complexity index is 566. The van der Waals surface area contributed by atoms with Gasteiger partial charge in [0, 0.05) is 6.54 Å². The summed E-state index contributed by atoms with van der Waals surface area (Å²) in [6, 6.07) is 5.37. The number of fused-ring (bicyclic) bond motifs is 1. The van der Waals surface area contributed by atoms with Crippen LogP contribution < -0.4 is 4.72 Å². The smallest absolute Gasteiger partial charge is 0.240 e. The standard InChI is InChI=1S/C15H23NO3S/c1-11(2)15(17)8-9-16-20(18,19)14-7-6-12-4-3-5-13(12)10-14/h6-7,10-11,15-17H,3-5,8-9H2,1-2H3. The summed E-state index contributed by atoms with van der Waals surface area (Å²) < 4.78 is 26.9. The van der Waals surface area contributed by atoms with E-state index in [4.69, 9.17) is 0 Å². The Kier molecular flexibility index (Phi) is 4.83. The summed E-state index contributed by atoms with van der Waals surface area (Å²) in [6.45, 7) is 4.10. The van der Waals surface area contributed by atoms with Crippen LogP contribution in [0.3, 0.4) is 0 Å². The van der Waals surface area contributed by atoms with Crippen molar-refractivity contribution in [2.24, 2.45) is 5.92 Å². The van der Waals surface area contributed by atoms with Gasteiger partial charge < -0.3 is 5.11 Å². The average molecular weight is 297 g/mol. The molecule has 1 aliphatic carbocycles. The predicted molar refractivity (Wildman–Crippen MR) is 79.1 cm³/mol. The zero-order valence-corrected chi connectivity index (χ0v) is 12.9. The third kappa shape index (κ3) is 3.59. The quantitative estimate of drug-likeness (QED) is 0.842. The maximum atomic E-state index is 12.2. The van der Waals surface area contributed by atoms with Crippen LogP contribution in [0.2, 0.25) is 0 Å². The summed E-state index contributed by atoms with van der Waals surface area (Å²) >= 11 is 0. The number of benzene rings is 1. The molecule has 112 valence electrons. The maximum absolute atomic E-state index is 12.2. The van der Waals surface area contributed by atoms with Gasteiger partial charge in [-0.2, -0.15) is 0 Å². The van der Waals surface area contributed by atoms with E-state index in [9.17, 15) is 13.5 Å². The topological polar surface area (TPSA) is 66.4 Å². The second-order valence-corrected chi connectivity index (χ2v) is 7.55. The fourth-order valence-corrected chi connectivity index (χ4v) is 3.57. The van der Waals surface area contributed by atoms with E-state index in [1.807, 2.05) is 19.9 Å². The van der Waals surface area contributed by atoms with Crippen LogP contribution in [-0.4, -0.2) is 26.2 Å². The summed E-state index contributed by atoms with van der Waals surface area (Å²) in [5.41, 5.74) is 2.41. The van der Waals surface area contributed by atoms with Crippen molar-refractivity contribution in [3.8, 4) is 0 Å². The Balaban J connectivity index is 2.00.